The molecule has 0 aliphatic heterocycles. The van der Waals surface area contributed by atoms with Crippen LogP contribution in [0.3, 0.4) is 0 Å². The average Bonchev–Trinajstić information content (AvgIpc) is 2.91. The molecule has 0 aromatic heterocycles. The minimum Gasteiger partial charge on any atom is -0.355 e. The van der Waals surface area contributed by atoms with E-state index in [9.17, 15) is 18.0 Å². The largest absolute Gasteiger partial charge is 0.355 e. The number of nitrogens with one attached hydrogen (secondary N) is 1. The highest BCUT2D eigenvalue weighted by Gasteiger charge is 2.33. The molecule has 2 amide bonds. The maximum atomic E-state index is 14.0. The van der Waals surface area contributed by atoms with Gasteiger partial charge in [-0.05, 0) is 74.7 Å². The summed E-state index contributed by atoms with van der Waals surface area (Å²) in [6.45, 7) is 7.05. The van der Waals surface area contributed by atoms with E-state index in [1.54, 1.807) is 63.2 Å². The van der Waals surface area contributed by atoms with Crippen molar-refractivity contribution in [3.8, 4) is 0 Å². The smallest absolute Gasteiger partial charge is 0.264 e. The normalized spacial score (nSPS) is 12.1. The molecule has 11 heteroatoms. The van der Waals surface area contributed by atoms with Crippen molar-refractivity contribution < 1.29 is 18.0 Å². The quantitative estimate of drug-likeness (QED) is 0.267. The third-order valence-electron chi connectivity index (χ3n) is 6.41. The van der Waals surface area contributed by atoms with E-state index in [-0.39, 0.29) is 23.0 Å². The maximum Gasteiger partial charge on any atom is 0.264 e. The average molecular weight is 625 g/mol. The monoisotopic (exact) mass is 623 g/mol. The molecule has 40 heavy (non-hydrogen) atoms. The number of carbonyl (C=O) groups is 2. The fourth-order valence-electron chi connectivity index (χ4n) is 4.15. The molecular formula is C29H32Cl3N3O4S. The molecule has 0 bridgehead atoms. The van der Waals surface area contributed by atoms with Crippen LogP contribution in [0.15, 0.2) is 65.6 Å². The number of amides is 2. The molecule has 3 rings (SSSR count). The fraction of sp³-hybridized carbons (Fsp3) is 0.310. The van der Waals surface area contributed by atoms with Crippen LogP contribution in [0.2, 0.25) is 15.1 Å². The van der Waals surface area contributed by atoms with E-state index in [0.29, 0.717) is 33.6 Å². The number of benzene rings is 3. The summed E-state index contributed by atoms with van der Waals surface area (Å²) >= 11 is 18.7. The van der Waals surface area contributed by atoms with Crippen molar-refractivity contribution in [2.75, 3.05) is 17.4 Å². The van der Waals surface area contributed by atoms with Gasteiger partial charge in [-0.15, -0.1) is 0 Å². The van der Waals surface area contributed by atoms with E-state index >= 15 is 0 Å². The summed E-state index contributed by atoms with van der Waals surface area (Å²) in [5.74, 6) is -0.915. The zero-order valence-corrected chi connectivity index (χ0v) is 25.8. The third-order valence-corrected chi connectivity index (χ3v) is 9.34. The van der Waals surface area contributed by atoms with Gasteiger partial charge in [-0.2, -0.15) is 0 Å². The van der Waals surface area contributed by atoms with Gasteiger partial charge >= 0.3 is 0 Å². The van der Waals surface area contributed by atoms with Crippen LogP contribution in [0.5, 0.6) is 0 Å². The highest BCUT2D eigenvalue weighted by molar-refractivity contribution is 7.92. The summed E-state index contributed by atoms with van der Waals surface area (Å²) in [7, 11) is -4.19. The zero-order valence-electron chi connectivity index (χ0n) is 22.7. The van der Waals surface area contributed by atoms with E-state index in [1.807, 2.05) is 6.92 Å². The summed E-state index contributed by atoms with van der Waals surface area (Å²) < 4.78 is 28.9. The molecule has 0 aliphatic rings. The number of hydrogen-bond acceptors (Lipinski definition) is 4. The topological polar surface area (TPSA) is 86.8 Å². The number of likely N-dealkylation sites (N-methyl/N-ethyl adjacent to an activating group) is 1. The van der Waals surface area contributed by atoms with Crippen molar-refractivity contribution in [3.63, 3.8) is 0 Å². The van der Waals surface area contributed by atoms with Gasteiger partial charge in [0.15, 0.2) is 0 Å². The van der Waals surface area contributed by atoms with Crippen LogP contribution in [0.1, 0.15) is 37.0 Å². The highest BCUT2D eigenvalue weighted by Crippen LogP contribution is 2.29. The molecule has 0 spiro atoms. The zero-order chi connectivity index (χ0) is 29.6. The van der Waals surface area contributed by atoms with Crippen molar-refractivity contribution in [3.05, 3.63) is 92.4 Å². The van der Waals surface area contributed by atoms with Crippen LogP contribution in [0.4, 0.5) is 5.69 Å². The van der Waals surface area contributed by atoms with Crippen LogP contribution in [0, 0.1) is 13.8 Å². The van der Waals surface area contributed by atoms with E-state index < -0.39 is 28.5 Å². The number of rotatable bonds is 11. The Balaban J connectivity index is 2.09. The Kier molecular flexibility index (Phi) is 10.9. The Morgan fingerprint density at radius 1 is 0.875 bits per heavy atom. The molecule has 7 nitrogen and oxygen atoms in total. The molecule has 0 heterocycles. The van der Waals surface area contributed by atoms with E-state index in [1.165, 1.54) is 23.1 Å². The first-order valence-electron chi connectivity index (χ1n) is 12.8. The summed E-state index contributed by atoms with van der Waals surface area (Å²) in [5.41, 5.74) is 2.51. The highest BCUT2D eigenvalue weighted by atomic mass is 35.5. The van der Waals surface area contributed by atoms with Crippen LogP contribution in [0.25, 0.3) is 0 Å². The van der Waals surface area contributed by atoms with Crippen LogP contribution in [-0.2, 0) is 26.2 Å². The second-order valence-electron chi connectivity index (χ2n) is 9.35. The number of halogens is 3. The summed E-state index contributed by atoms with van der Waals surface area (Å²) in [5, 5.41) is 3.78. The van der Waals surface area contributed by atoms with Crippen molar-refractivity contribution in [2.45, 2.75) is 51.6 Å². The first-order chi connectivity index (χ1) is 18.9. The molecule has 0 unspecified atom stereocenters. The van der Waals surface area contributed by atoms with Crippen molar-refractivity contribution in [2.24, 2.45) is 0 Å². The minimum atomic E-state index is -4.19. The van der Waals surface area contributed by atoms with Gasteiger partial charge < -0.3 is 10.2 Å². The Morgan fingerprint density at radius 2 is 1.55 bits per heavy atom. The predicted octanol–water partition coefficient (Wildman–Crippen LogP) is 6.40. The van der Waals surface area contributed by atoms with Crippen LogP contribution in [-0.4, -0.2) is 44.3 Å². The summed E-state index contributed by atoms with van der Waals surface area (Å²) in [4.78, 5) is 28.4. The Hall–Kier alpha value is -2.78. The van der Waals surface area contributed by atoms with E-state index in [2.05, 4.69) is 5.32 Å². The Bertz CT molecular complexity index is 1480. The molecular weight excluding hydrogens is 593 g/mol. The van der Waals surface area contributed by atoms with Crippen molar-refractivity contribution in [1.82, 2.24) is 10.2 Å². The number of hydrogen-bond donors (Lipinski definition) is 1. The summed E-state index contributed by atoms with van der Waals surface area (Å²) in [6, 6.07) is 15.3. The Labute approximate surface area is 251 Å². The SMILES string of the molecule is CCNC(=O)[C@H](CC)N(Cc1ccc(Cl)c(Cl)c1)C(=O)CN(c1ccc(C)c(Cl)c1)S(=O)(=O)c1ccc(C)cc1. The molecule has 3 aromatic rings. The van der Waals surface area contributed by atoms with Gasteiger partial charge in [0, 0.05) is 18.1 Å². The minimum absolute atomic E-state index is 0.0123. The molecule has 1 N–H and O–H groups in total. The molecule has 0 fully saturated rings. The first-order valence-corrected chi connectivity index (χ1v) is 15.3. The van der Waals surface area contributed by atoms with Gasteiger partial charge in [0.1, 0.15) is 12.6 Å². The van der Waals surface area contributed by atoms with Gasteiger partial charge in [0.25, 0.3) is 10.0 Å². The molecule has 0 saturated heterocycles. The van der Waals surface area contributed by atoms with Gasteiger partial charge in [0.2, 0.25) is 11.8 Å². The van der Waals surface area contributed by atoms with Crippen LogP contribution < -0.4 is 9.62 Å². The lowest BCUT2D eigenvalue weighted by molar-refractivity contribution is -0.140. The number of anilines is 1. The lowest BCUT2D eigenvalue weighted by Crippen LogP contribution is -2.52. The fourth-order valence-corrected chi connectivity index (χ4v) is 6.05. The summed E-state index contributed by atoms with van der Waals surface area (Å²) in [6.07, 6.45) is 0.306. The van der Waals surface area contributed by atoms with E-state index in [0.717, 1.165) is 15.4 Å². The van der Waals surface area contributed by atoms with Crippen molar-refractivity contribution in [1.29, 1.82) is 0 Å². The lowest BCUT2D eigenvalue weighted by Gasteiger charge is -2.33. The van der Waals surface area contributed by atoms with Crippen LogP contribution >= 0.6 is 34.8 Å². The van der Waals surface area contributed by atoms with Gasteiger partial charge in [0.05, 0.1) is 20.6 Å². The maximum absolute atomic E-state index is 14.0. The number of carbonyl (C=O) groups excluding carboxylic acids is 2. The molecule has 0 saturated carbocycles. The van der Waals surface area contributed by atoms with E-state index in [4.69, 9.17) is 34.8 Å². The van der Waals surface area contributed by atoms with Crippen molar-refractivity contribution >= 4 is 62.3 Å². The predicted molar refractivity (Wildman–Crippen MR) is 162 cm³/mol. The Morgan fingerprint density at radius 3 is 2.12 bits per heavy atom. The second-order valence-corrected chi connectivity index (χ2v) is 12.4. The standard InChI is InChI=1S/C29H32Cl3N3O4S/c1-5-27(29(37)33-6-2)34(17-21-10-14-24(30)26(32)15-21)28(36)18-35(22-11-9-20(4)25(31)16-22)40(38,39)23-12-7-19(3)8-13-23/h7-16,27H,5-6,17-18H2,1-4H3,(H,33,37)/t27-/m0/s1. The van der Waals surface area contributed by atoms with Gasteiger partial charge in [-0.1, -0.05) is 71.6 Å². The van der Waals surface area contributed by atoms with Gasteiger partial charge in [-0.25, -0.2) is 8.42 Å². The molecule has 0 aliphatic carbocycles. The first kappa shape index (κ1) is 31.7. The molecule has 0 radical (unpaired) electrons. The number of sulfonamides is 1. The third kappa shape index (κ3) is 7.49. The number of nitrogens with zero attached hydrogens (tertiary/aromatic N) is 2. The number of aryl methyl sites for hydroxylation is 2. The lowest BCUT2D eigenvalue weighted by atomic mass is 10.1. The second kappa shape index (κ2) is 13.7. The molecule has 3 aromatic carbocycles. The van der Waals surface area contributed by atoms with Gasteiger partial charge in [-0.3, -0.25) is 13.9 Å². The molecule has 1 atom stereocenters. The molecule has 214 valence electrons.